The van der Waals surface area contributed by atoms with Gasteiger partial charge in [0.25, 0.3) is 0 Å². The van der Waals surface area contributed by atoms with E-state index in [1.165, 1.54) is 0 Å². The van der Waals surface area contributed by atoms with Crippen LogP contribution in [0.2, 0.25) is 0 Å². The molecule has 0 aromatic rings. The lowest BCUT2D eigenvalue weighted by atomic mass is 9.66. The molecule has 96 valence electrons. The Hall–Kier alpha value is -0.780. The van der Waals surface area contributed by atoms with Gasteiger partial charge in [-0.15, -0.1) is 0 Å². The van der Waals surface area contributed by atoms with Gasteiger partial charge in [0.2, 0.25) is 0 Å². The van der Waals surface area contributed by atoms with Crippen LogP contribution in [0, 0.1) is 17.8 Å². The highest BCUT2D eigenvalue weighted by molar-refractivity contribution is 5.82. The molecule has 3 nitrogen and oxygen atoms in total. The molecule has 0 aromatic heterocycles. The minimum Gasteiger partial charge on any atom is -0.331 e. The van der Waals surface area contributed by atoms with Gasteiger partial charge in [-0.2, -0.15) is 13.2 Å². The van der Waals surface area contributed by atoms with Crippen LogP contribution < -0.4 is 5.32 Å². The van der Waals surface area contributed by atoms with Crippen LogP contribution in [0.1, 0.15) is 12.8 Å². The van der Waals surface area contributed by atoms with Crippen molar-refractivity contribution < 1.29 is 18.0 Å². The number of nitrogens with one attached hydrogen (secondary N) is 1. The van der Waals surface area contributed by atoms with Crippen LogP contribution >= 0.6 is 0 Å². The maximum atomic E-state index is 12.5. The Kier molecular flexibility index (Phi) is 2.40. The van der Waals surface area contributed by atoms with E-state index in [2.05, 4.69) is 5.32 Å². The largest absolute Gasteiger partial charge is 0.471 e. The Morgan fingerprint density at radius 3 is 2.59 bits per heavy atom. The molecule has 1 saturated carbocycles. The van der Waals surface area contributed by atoms with Crippen molar-refractivity contribution in [2.45, 2.75) is 25.1 Å². The number of hydrogen-bond donors (Lipinski definition) is 1. The summed E-state index contributed by atoms with van der Waals surface area (Å²) in [6.07, 6.45) is -3.02. The van der Waals surface area contributed by atoms with Gasteiger partial charge < -0.3 is 10.2 Å². The first-order chi connectivity index (χ1) is 7.98. The number of fused-ring (bicyclic) bond motifs is 2. The van der Waals surface area contributed by atoms with Gasteiger partial charge in [-0.3, -0.25) is 4.79 Å². The average molecular weight is 248 g/mol. The molecule has 4 atom stereocenters. The quantitative estimate of drug-likeness (QED) is 0.693. The predicted molar refractivity (Wildman–Crippen MR) is 54.1 cm³/mol. The van der Waals surface area contributed by atoms with E-state index in [1.807, 2.05) is 0 Å². The molecule has 1 aliphatic carbocycles. The zero-order chi connectivity index (χ0) is 12.2. The standard InChI is InChI=1S/C11H15F3N2O/c12-11(13,14)10(17)16-5-6-1-2-9(16)8-4-15-3-7(6)8/h6-9,15H,1-5H2/t6-,7+,8+,9+/m1/s1. The first kappa shape index (κ1) is 11.3. The minimum absolute atomic E-state index is 0.200. The number of carbonyl (C=O) groups is 1. The molecule has 4 aliphatic rings. The minimum atomic E-state index is -4.72. The van der Waals surface area contributed by atoms with Crippen molar-refractivity contribution in [3.05, 3.63) is 0 Å². The highest BCUT2D eigenvalue weighted by atomic mass is 19.4. The zero-order valence-electron chi connectivity index (χ0n) is 9.33. The van der Waals surface area contributed by atoms with Crippen LogP contribution in [0.5, 0.6) is 0 Å². The van der Waals surface area contributed by atoms with Gasteiger partial charge in [0, 0.05) is 19.1 Å². The summed E-state index contributed by atoms with van der Waals surface area (Å²) in [6.45, 7) is 1.96. The number of halogens is 3. The lowest BCUT2D eigenvalue weighted by Gasteiger charge is -2.52. The average Bonchev–Trinajstić information content (AvgIpc) is 2.77. The summed E-state index contributed by atoms with van der Waals surface area (Å²) in [6, 6.07) is -0.200. The summed E-state index contributed by atoms with van der Waals surface area (Å²) in [4.78, 5) is 12.5. The van der Waals surface area contributed by atoms with Gasteiger partial charge in [-0.05, 0) is 37.1 Å². The summed E-state index contributed by atoms with van der Waals surface area (Å²) in [7, 11) is 0. The Morgan fingerprint density at radius 1 is 1.18 bits per heavy atom. The maximum Gasteiger partial charge on any atom is 0.471 e. The van der Waals surface area contributed by atoms with E-state index >= 15 is 0 Å². The molecule has 2 bridgehead atoms. The number of hydrogen-bond acceptors (Lipinski definition) is 2. The molecule has 0 aromatic carbocycles. The molecule has 1 N–H and O–H groups in total. The number of alkyl halides is 3. The van der Waals surface area contributed by atoms with Gasteiger partial charge in [0.1, 0.15) is 0 Å². The van der Waals surface area contributed by atoms with Gasteiger partial charge in [0.05, 0.1) is 0 Å². The molecule has 0 spiro atoms. The molecule has 4 fully saturated rings. The molecule has 17 heavy (non-hydrogen) atoms. The SMILES string of the molecule is O=C(N1C[C@H]2CC[C@H]1[C@H]1CNC[C@@H]21)C(F)(F)F. The fourth-order valence-corrected chi connectivity index (χ4v) is 3.87. The fourth-order valence-electron chi connectivity index (χ4n) is 3.87. The molecule has 6 heteroatoms. The van der Waals surface area contributed by atoms with Crippen LogP contribution in [-0.4, -0.2) is 42.7 Å². The molecule has 3 heterocycles. The van der Waals surface area contributed by atoms with Crippen molar-refractivity contribution in [1.29, 1.82) is 0 Å². The molecular formula is C11H15F3N2O. The Morgan fingerprint density at radius 2 is 1.88 bits per heavy atom. The molecule has 3 saturated heterocycles. The number of amides is 1. The zero-order valence-corrected chi connectivity index (χ0v) is 9.33. The Labute approximate surface area is 97.3 Å². The van der Waals surface area contributed by atoms with Crippen molar-refractivity contribution in [1.82, 2.24) is 10.2 Å². The summed E-state index contributed by atoms with van der Waals surface area (Å²) in [5.41, 5.74) is 0. The van der Waals surface area contributed by atoms with E-state index in [-0.39, 0.29) is 17.9 Å². The van der Waals surface area contributed by atoms with Crippen molar-refractivity contribution >= 4 is 5.91 Å². The van der Waals surface area contributed by atoms with Crippen LogP contribution in [0.4, 0.5) is 13.2 Å². The monoisotopic (exact) mass is 248 g/mol. The van der Waals surface area contributed by atoms with Crippen LogP contribution in [-0.2, 0) is 4.79 Å². The second-order valence-corrected chi connectivity index (χ2v) is 5.35. The van der Waals surface area contributed by atoms with E-state index in [9.17, 15) is 18.0 Å². The summed E-state index contributed by atoms with van der Waals surface area (Å²) < 4.78 is 37.5. The smallest absolute Gasteiger partial charge is 0.331 e. The molecule has 0 unspecified atom stereocenters. The first-order valence-electron chi connectivity index (χ1n) is 6.07. The third-order valence-corrected chi connectivity index (χ3v) is 4.58. The number of piperidine rings is 2. The van der Waals surface area contributed by atoms with E-state index in [1.54, 1.807) is 0 Å². The van der Waals surface area contributed by atoms with Crippen molar-refractivity contribution in [2.24, 2.45) is 17.8 Å². The summed E-state index contributed by atoms with van der Waals surface area (Å²) >= 11 is 0. The molecule has 0 radical (unpaired) electrons. The van der Waals surface area contributed by atoms with Gasteiger partial charge in [0.15, 0.2) is 0 Å². The van der Waals surface area contributed by atoms with Crippen molar-refractivity contribution in [3.8, 4) is 0 Å². The number of carbonyl (C=O) groups excluding carboxylic acids is 1. The van der Waals surface area contributed by atoms with Crippen LogP contribution in [0.15, 0.2) is 0 Å². The Balaban J connectivity index is 1.83. The van der Waals surface area contributed by atoms with Crippen molar-refractivity contribution in [2.75, 3.05) is 19.6 Å². The van der Waals surface area contributed by atoms with E-state index < -0.39 is 12.1 Å². The molecule has 1 amide bonds. The van der Waals surface area contributed by atoms with Gasteiger partial charge in [-0.1, -0.05) is 0 Å². The van der Waals surface area contributed by atoms with E-state index in [0.717, 1.165) is 30.8 Å². The normalized spacial score (nSPS) is 40.5. The fraction of sp³-hybridized carbons (Fsp3) is 0.909. The van der Waals surface area contributed by atoms with Crippen LogP contribution in [0.25, 0.3) is 0 Å². The molecule has 4 rings (SSSR count). The lowest BCUT2D eigenvalue weighted by Crippen LogP contribution is -2.61. The highest BCUT2D eigenvalue weighted by Gasteiger charge is 2.54. The third kappa shape index (κ3) is 1.64. The number of nitrogens with zero attached hydrogens (tertiary/aromatic N) is 1. The first-order valence-corrected chi connectivity index (χ1v) is 6.07. The lowest BCUT2D eigenvalue weighted by molar-refractivity contribution is -0.196. The topological polar surface area (TPSA) is 32.3 Å². The highest BCUT2D eigenvalue weighted by Crippen LogP contribution is 2.45. The second-order valence-electron chi connectivity index (χ2n) is 5.35. The predicted octanol–water partition coefficient (Wildman–Crippen LogP) is 1.01. The Bertz CT molecular complexity index is 344. The summed E-state index contributed by atoms with van der Waals surface area (Å²) in [5.74, 6) is -0.677. The van der Waals surface area contributed by atoms with E-state index in [0.29, 0.717) is 12.5 Å². The molecular weight excluding hydrogens is 233 g/mol. The number of rotatable bonds is 0. The van der Waals surface area contributed by atoms with Crippen molar-refractivity contribution in [3.63, 3.8) is 0 Å². The maximum absolute atomic E-state index is 12.5. The van der Waals surface area contributed by atoms with Crippen LogP contribution in [0.3, 0.4) is 0 Å². The van der Waals surface area contributed by atoms with Gasteiger partial charge >= 0.3 is 12.1 Å². The molecule has 3 aliphatic heterocycles. The summed E-state index contributed by atoms with van der Waals surface area (Å²) in [5, 5.41) is 3.24. The van der Waals surface area contributed by atoms with E-state index in [4.69, 9.17) is 0 Å². The van der Waals surface area contributed by atoms with Gasteiger partial charge in [-0.25, -0.2) is 0 Å². The second kappa shape index (κ2) is 3.60. The third-order valence-electron chi connectivity index (χ3n) is 4.58.